The van der Waals surface area contributed by atoms with Gasteiger partial charge in [-0.1, -0.05) is 30.3 Å². The first-order chi connectivity index (χ1) is 18.5. The number of rotatable bonds is 7. The van der Waals surface area contributed by atoms with E-state index in [0.29, 0.717) is 45.4 Å². The van der Waals surface area contributed by atoms with E-state index in [-0.39, 0.29) is 5.95 Å². The smallest absolute Gasteiger partial charge is 0.413 e. The third kappa shape index (κ3) is 6.18. The number of fused-ring (bicyclic) bond motifs is 1. The minimum Gasteiger partial charge on any atom is -0.457 e. The Morgan fingerprint density at radius 3 is 1.95 bits per heavy atom. The van der Waals surface area contributed by atoms with Crippen LogP contribution in [0, 0.1) is 0 Å². The molecule has 0 atom stereocenters. The number of hydrogen-bond acceptors (Lipinski definition) is 6. The molecule has 0 aliphatic heterocycles. The summed E-state index contributed by atoms with van der Waals surface area (Å²) >= 11 is 0. The molecule has 5 aromatic rings. The van der Waals surface area contributed by atoms with Crippen LogP contribution in [0.2, 0.25) is 0 Å². The number of hydrogen-bond donors (Lipinski definition) is 4. The predicted molar refractivity (Wildman–Crippen MR) is 144 cm³/mol. The van der Waals surface area contributed by atoms with E-state index in [4.69, 9.17) is 9.47 Å². The van der Waals surface area contributed by atoms with Gasteiger partial charge in [0, 0.05) is 29.6 Å². The van der Waals surface area contributed by atoms with Gasteiger partial charge in [0.1, 0.15) is 23.0 Å². The third-order valence-electron chi connectivity index (χ3n) is 5.26. The van der Waals surface area contributed by atoms with Crippen molar-refractivity contribution in [2.45, 2.75) is 0 Å². The number of imidazole rings is 1. The molecule has 1 heterocycles. The number of urea groups is 1. The highest BCUT2D eigenvalue weighted by Gasteiger charge is 2.09. The van der Waals surface area contributed by atoms with Gasteiger partial charge in [0.15, 0.2) is 0 Å². The van der Waals surface area contributed by atoms with E-state index in [2.05, 4.69) is 30.7 Å². The number of nitrogens with one attached hydrogen (secondary N) is 4. The Morgan fingerprint density at radius 1 is 0.684 bits per heavy atom. The van der Waals surface area contributed by atoms with Gasteiger partial charge < -0.3 is 29.8 Å². The number of nitrogens with zero attached hydrogens (tertiary/aromatic N) is 1. The Labute approximate surface area is 217 Å². The zero-order chi connectivity index (χ0) is 26.3. The lowest BCUT2D eigenvalue weighted by Gasteiger charge is -2.11. The highest BCUT2D eigenvalue weighted by molar-refractivity contribution is 6.00. The van der Waals surface area contributed by atoms with Gasteiger partial charge in [-0.15, -0.1) is 0 Å². The molecule has 1 aromatic heterocycles. The number of amides is 3. The average Bonchev–Trinajstić information content (AvgIpc) is 3.31. The van der Waals surface area contributed by atoms with E-state index < -0.39 is 12.1 Å². The van der Waals surface area contributed by atoms with Crippen molar-refractivity contribution in [3.05, 3.63) is 97.1 Å². The molecule has 190 valence electrons. The van der Waals surface area contributed by atoms with Gasteiger partial charge in [-0.05, 0) is 48.5 Å². The normalized spacial score (nSPS) is 10.4. The van der Waals surface area contributed by atoms with E-state index in [1.165, 1.54) is 7.11 Å². The maximum absolute atomic E-state index is 12.6. The van der Waals surface area contributed by atoms with Gasteiger partial charge in [0.2, 0.25) is 5.95 Å². The number of carbonyl (C=O) groups is 2. The topological polar surface area (TPSA) is 127 Å². The third-order valence-corrected chi connectivity index (χ3v) is 5.26. The Balaban J connectivity index is 1.21. The molecule has 0 saturated heterocycles. The fraction of sp³-hybridized carbons (Fsp3) is 0.0357. The zero-order valence-corrected chi connectivity index (χ0v) is 20.2. The molecule has 0 aliphatic rings. The van der Waals surface area contributed by atoms with Crippen LogP contribution in [0.1, 0.15) is 0 Å². The Bertz CT molecular complexity index is 1590. The molecule has 5 rings (SSSR count). The SMILES string of the molecule is COC(=O)Nc1nc2cc(Oc3cccc(NC(=O)Nc4cccc(Oc5ccccc5)c4)c3)ccc2[nH]1. The number of carbonyl (C=O) groups excluding carboxylic acids is 2. The molecule has 0 bridgehead atoms. The summed E-state index contributed by atoms with van der Waals surface area (Å²) in [5, 5.41) is 8.09. The molecule has 0 radical (unpaired) electrons. The van der Waals surface area contributed by atoms with Crippen LogP contribution < -0.4 is 25.4 Å². The van der Waals surface area contributed by atoms with E-state index >= 15 is 0 Å². The number of ether oxygens (including phenoxy) is 3. The zero-order valence-electron chi connectivity index (χ0n) is 20.2. The van der Waals surface area contributed by atoms with Crippen molar-refractivity contribution in [1.82, 2.24) is 9.97 Å². The van der Waals surface area contributed by atoms with Crippen molar-refractivity contribution < 1.29 is 23.8 Å². The van der Waals surface area contributed by atoms with Crippen LogP contribution in [-0.2, 0) is 4.74 Å². The van der Waals surface area contributed by atoms with Gasteiger partial charge in [0.05, 0.1) is 18.1 Å². The molecule has 0 saturated carbocycles. The van der Waals surface area contributed by atoms with Gasteiger partial charge >= 0.3 is 12.1 Å². The molecule has 0 spiro atoms. The first-order valence-corrected chi connectivity index (χ1v) is 11.6. The molecule has 0 unspecified atom stereocenters. The highest BCUT2D eigenvalue weighted by atomic mass is 16.5. The summed E-state index contributed by atoms with van der Waals surface area (Å²) in [5.74, 6) is 2.62. The number of anilines is 3. The van der Waals surface area contributed by atoms with Gasteiger partial charge in [-0.2, -0.15) is 0 Å². The van der Waals surface area contributed by atoms with E-state index in [0.717, 1.165) is 0 Å². The quantitative estimate of drug-likeness (QED) is 0.188. The molecule has 38 heavy (non-hydrogen) atoms. The lowest BCUT2D eigenvalue weighted by atomic mass is 10.2. The van der Waals surface area contributed by atoms with Crippen molar-refractivity contribution in [3.63, 3.8) is 0 Å². The fourth-order valence-electron chi connectivity index (χ4n) is 3.58. The summed E-state index contributed by atoms with van der Waals surface area (Å²) in [7, 11) is 1.27. The van der Waals surface area contributed by atoms with Crippen LogP contribution in [0.5, 0.6) is 23.0 Å². The summed E-state index contributed by atoms with van der Waals surface area (Å²) in [6.45, 7) is 0. The summed E-state index contributed by atoms with van der Waals surface area (Å²) in [6, 6.07) is 28.4. The molecule has 10 heteroatoms. The molecule has 10 nitrogen and oxygen atoms in total. The number of methoxy groups -OCH3 is 1. The number of aromatic nitrogens is 2. The molecular formula is C28H23N5O5. The fourth-order valence-corrected chi connectivity index (χ4v) is 3.58. The minimum atomic E-state index is -0.623. The number of H-pyrrole nitrogens is 1. The first kappa shape index (κ1) is 24.2. The van der Waals surface area contributed by atoms with Gasteiger partial charge in [0.25, 0.3) is 0 Å². The Hall–Kier alpha value is -5.51. The van der Waals surface area contributed by atoms with Crippen LogP contribution in [0.3, 0.4) is 0 Å². The van der Waals surface area contributed by atoms with Gasteiger partial charge in [-0.25, -0.2) is 14.6 Å². The van der Waals surface area contributed by atoms with Crippen molar-refractivity contribution >= 4 is 40.5 Å². The monoisotopic (exact) mass is 509 g/mol. The molecular weight excluding hydrogens is 486 g/mol. The lowest BCUT2D eigenvalue weighted by Crippen LogP contribution is -2.19. The molecule has 0 fully saturated rings. The minimum absolute atomic E-state index is 0.262. The standard InChI is InChI=1S/C28H23N5O5/c1-36-28(35)33-26-31-24-14-13-23(17-25(24)32-26)38-22-12-6-8-19(16-22)30-27(34)29-18-7-5-11-21(15-18)37-20-9-3-2-4-10-20/h2-17H,1H3,(H2,29,30,34)(H2,31,32,33,35). The summed E-state index contributed by atoms with van der Waals surface area (Å²) < 4.78 is 16.4. The average molecular weight is 510 g/mol. The van der Waals surface area contributed by atoms with E-state index in [1.54, 1.807) is 60.7 Å². The summed E-state index contributed by atoms with van der Waals surface area (Å²) in [6.07, 6.45) is -0.623. The molecule has 0 aliphatic carbocycles. The number of aromatic amines is 1. The Morgan fingerprint density at radius 2 is 1.29 bits per heavy atom. The number of benzene rings is 4. The van der Waals surface area contributed by atoms with Crippen LogP contribution in [0.4, 0.5) is 26.9 Å². The lowest BCUT2D eigenvalue weighted by molar-refractivity contribution is 0.186. The largest absolute Gasteiger partial charge is 0.457 e. The maximum Gasteiger partial charge on any atom is 0.413 e. The van der Waals surface area contributed by atoms with Crippen molar-refractivity contribution in [1.29, 1.82) is 0 Å². The molecule has 3 amide bonds. The van der Waals surface area contributed by atoms with Crippen molar-refractivity contribution in [2.24, 2.45) is 0 Å². The molecule has 4 aromatic carbocycles. The second kappa shape index (κ2) is 11.0. The number of para-hydroxylation sites is 1. The second-order valence-corrected chi connectivity index (χ2v) is 8.03. The van der Waals surface area contributed by atoms with Crippen LogP contribution in [0.15, 0.2) is 97.1 Å². The van der Waals surface area contributed by atoms with E-state index in [9.17, 15) is 9.59 Å². The predicted octanol–water partition coefficient (Wildman–Crippen LogP) is 6.97. The first-order valence-electron chi connectivity index (χ1n) is 11.6. The summed E-state index contributed by atoms with van der Waals surface area (Å²) in [5.41, 5.74) is 2.44. The summed E-state index contributed by atoms with van der Waals surface area (Å²) in [4.78, 5) is 31.3. The van der Waals surface area contributed by atoms with Crippen molar-refractivity contribution in [3.8, 4) is 23.0 Å². The van der Waals surface area contributed by atoms with Crippen molar-refractivity contribution in [2.75, 3.05) is 23.1 Å². The Kier molecular flexibility index (Phi) is 7.03. The maximum atomic E-state index is 12.6. The van der Waals surface area contributed by atoms with E-state index in [1.807, 2.05) is 36.4 Å². The van der Waals surface area contributed by atoms with Crippen LogP contribution in [0.25, 0.3) is 11.0 Å². The highest BCUT2D eigenvalue weighted by Crippen LogP contribution is 2.28. The van der Waals surface area contributed by atoms with Gasteiger partial charge in [-0.3, -0.25) is 5.32 Å². The van der Waals surface area contributed by atoms with Crippen LogP contribution in [-0.4, -0.2) is 29.2 Å². The second-order valence-electron chi connectivity index (χ2n) is 8.03. The van der Waals surface area contributed by atoms with Crippen LogP contribution >= 0.6 is 0 Å². The molecule has 4 N–H and O–H groups in total.